The van der Waals surface area contributed by atoms with Crippen LogP contribution in [0.3, 0.4) is 0 Å². The lowest BCUT2D eigenvalue weighted by molar-refractivity contribution is -0.918. The second-order valence-corrected chi connectivity index (χ2v) is 8.19. The smallest absolute Gasteiger partial charge is 0.279 e. The van der Waals surface area contributed by atoms with Gasteiger partial charge in [-0.3, -0.25) is 14.9 Å². The average molecular weight is 419 g/mol. The maximum atomic E-state index is 12.7. The third-order valence-corrected chi connectivity index (χ3v) is 5.84. The topological polar surface area (TPSA) is 85.9 Å². The van der Waals surface area contributed by atoms with Gasteiger partial charge in [-0.05, 0) is 29.0 Å². The van der Waals surface area contributed by atoms with E-state index in [0.717, 1.165) is 18.0 Å². The Kier molecular flexibility index (Phi) is 6.75. The number of carbonyl (C=O) groups is 1. The average Bonchev–Trinajstić information content (AvgIpc) is 3.35. The molecule has 0 fully saturated rings. The summed E-state index contributed by atoms with van der Waals surface area (Å²) in [5.41, 5.74) is 0.200. The first-order chi connectivity index (χ1) is 13.5. The number of nitrogens with one attached hydrogen (secondary N) is 2. The number of benzene rings is 1. The maximum Gasteiger partial charge on any atom is 0.279 e. The minimum absolute atomic E-state index is 0.0996. The van der Waals surface area contributed by atoms with Gasteiger partial charge in [0.05, 0.1) is 27.5 Å². The van der Waals surface area contributed by atoms with Gasteiger partial charge in [-0.25, -0.2) is 0 Å². The van der Waals surface area contributed by atoms with Gasteiger partial charge >= 0.3 is 0 Å². The van der Waals surface area contributed by atoms with Gasteiger partial charge in [-0.15, -0.1) is 22.7 Å². The van der Waals surface area contributed by atoms with Gasteiger partial charge in [-0.2, -0.15) is 0 Å². The summed E-state index contributed by atoms with van der Waals surface area (Å²) in [6.07, 6.45) is 0. The number of hydrogen-bond acceptors (Lipinski definition) is 6. The number of carbonyl (C=O) groups excluding carboxylic acids is 1. The highest BCUT2D eigenvalue weighted by Gasteiger charge is 2.19. The van der Waals surface area contributed by atoms with Gasteiger partial charge in [0, 0.05) is 12.1 Å². The monoisotopic (exact) mass is 418 g/mol. The number of rotatable bonds is 9. The quantitative estimate of drug-likeness (QED) is 0.413. The van der Waals surface area contributed by atoms with Crippen molar-refractivity contribution in [3.63, 3.8) is 0 Å². The van der Waals surface area contributed by atoms with Crippen LogP contribution in [0.4, 0.5) is 11.4 Å². The van der Waals surface area contributed by atoms with Crippen LogP contribution >= 0.6 is 22.7 Å². The van der Waals surface area contributed by atoms with Crippen molar-refractivity contribution in [3.05, 3.63) is 73.1 Å². The fourth-order valence-electron chi connectivity index (χ4n) is 2.84. The summed E-state index contributed by atoms with van der Waals surface area (Å²) in [4.78, 5) is 26.7. The largest absolute Gasteiger partial charge is 0.495 e. The number of quaternary nitrogens is 1. The molecule has 0 aliphatic rings. The number of non-ortho nitro benzene ring substituents is 1. The Morgan fingerprint density at radius 1 is 1.14 bits per heavy atom. The minimum Gasteiger partial charge on any atom is -0.495 e. The normalized spacial score (nSPS) is 10.8. The fourth-order valence-corrected chi connectivity index (χ4v) is 4.39. The van der Waals surface area contributed by atoms with E-state index in [1.165, 1.54) is 35.1 Å². The van der Waals surface area contributed by atoms with Gasteiger partial charge in [0.1, 0.15) is 18.8 Å². The molecule has 0 saturated heterocycles. The van der Waals surface area contributed by atoms with E-state index in [2.05, 4.69) is 17.4 Å². The van der Waals surface area contributed by atoms with Crippen LogP contribution < -0.4 is 15.0 Å². The molecule has 3 aromatic rings. The lowest BCUT2D eigenvalue weighted by Crippen LogP contribution is -3.10. The van der Waals surface area contributed by atoms with Crippen molar-refractivity contribution < 1.29 is 19.4 Å². The third-order valence-electron chi connectivity index (χ3n) is 4.09. The summed E-state index contributed by atoms with van der Waals surface area (Å²) >= 11 is 3.32. The molecule has 28 heavy (non-hydrogen) atoms. The van der Waals surface area contributed by atoms with E-state index in [4.69, 9.17) is 4.74 Å². The van der Waals surface area contributed by atoms with Crippen molar-refractivity contribution >= 4 is 40.0 Å². The highest BCUT2D eigenvalue weighted by atomic mass is 32.1. The number of ether oxygens (including phenoxy) is 1. The van der Waals surface area contributed by atoms with Gasteiger partial charge in [0.15, 0.2) is 6.54 Å². The second-order valence-electron chi connectivity index (χ2n) is 6.13. The molecule has 2 aromatic heterocycles. The number of nitro benzene ring substituents is 1. The van der Waals surface area contributed by atoms with Crippen molar-refractivity contribution in [2.24, 2.45) is 0 Å². The van der Waals surface area contributed by atoms with Crippen LogP contribution in [0, 0.1) is 10.1 Å². The molecule has 0 bridgehead atoms. The Hall–Kier alpha value is -2.75. The van der Waals surface area contributed by atoms with Crippen LogP contribution in [0.1, 0.15) is 9.75 Å². The molecule has 2 N–H and O–H groups in total. The predicted molar refractivity (Wildman–Crippen MR) is 110 cm³/mol. The number of amides is 1. The lowest BCUT2D eigenvalue weighted by atomic mass is 10.2. The standard InChI is InChI=1S/C19H19N3O4S2/c1-26-18-7-6-14(22(24)25)10-17(18)20-19(23)13-21(11-15-4-2-8-27-15)12-16-5-3-9-28-16/h2-10H,11-13H2,1H3,(H,20,23)/p+1. The van der Waals surface area contributed by atoms with Crippen molar-refractivity contribution in [1.29, 1.82) is 0 Å². The summed E-state index contributed by atoms with van der Waals surface area (Å²) in [5.74, 6) is 0.166. The first-order valence-corrected chi connectivity index (χ1v) is 10.3. The number of methoxy groups -OCH3 is 1. The molecular formula is C19H20N3O4S2+. The highest BCUT2D eigenvalue weighted by Crippen LogP contribution is 2.28. The molecule has 0 radical (unpaired) electrons. The molecule has 1 amide bonds. The molecule has 9 heteroatoms. The van der Waals surface area contributed by atoms with Gasteiger partial charge in [0.2, 0.25) is 0 Å². The van der Waals surface area contributed by atoms with E-state index >= 15 is 0 Å². The molecule has 0 aliphatic carbocycles. The molecule has 1 aromatic carbocycles. The summed E-state index contributed by atoms with van der Waals surface area (Å²) in [5, 5.41) is 17.8. The fraction of sp³-hybridized carbons (Fsp3) is 0.211. The number of nitro groups is 1. The number of hydrogen-bond donors (Lipinski definition) is 2. The molecule has 3 rings (SSSR count). The maximum absolute atomic E-state index is 12.7. The summed E-state index contributed by atoms with van der Waals surface area (Å²) < 4.78 is 5.22. The van der Waals surface area contributed by atoms with E-state index in [9.17, 15) is 14.9 Å². The van der Waals surface area contributed by atoms with Crippen LogP contribution in [0.5, 0.6) is 5.75 Å². The van der Waals surface area contributed by atoms with Gasteiger partial charge < -0.3 is 15.0 Å². The molecule has 0 unspecified atom stereocenters. The summed E-state index contributed by atoms with van der Waals surface area (Å²) in [7, 11) is 1.46. The van der Waals surface area contributed by atoms with Crippen LogP contribution in [-0.4, -0.2) is 24.5 Å². The van der Waals surface area contributed by atoms with Crippen LogP contribution in [0.25, 0.3) is 0 Å². The van der Waals surface area contributed by atoms with Crippen molar-refractivity contribution in [2.75, 3.05) is 19.0 Å². The van der Waals surface area contributed by atoms with Gasteiger partial charge in [-0.1, -0.05) is 12.1 Å². The first-order valence-electron chi connectivity index (χ1n) is 8.55. The first kappa shape index (κ1) is 20.0. The molecule has 0 spiro atoms. The zero-order chi connectivity index (χ0) is 19.9. The zero-order valence-corrected chi connectivity index (χ0v) is 16.8. The number of nitrogens with zero attached hydrogens (tertiary/aromatic N) is 1. The molecule has 0 saturated carbocycles. The number of thiophene rings is 2. The summed E-state index contributed by atoms with van der Waals surface area (Å²) in [6.45, 7) is 1.70. The SMILES string of the molecule is COc1ccc([N+](=O)[O-])cc1NC(=O)C[NH+](Cc1cccs1)Cc1cccs1. The van der Waals surface area contributed by atoms with Crippen molar-refractivity contribution in [3.8, 4) is 5.75 Å². The van der Waals surface area contributed by atoms with E-state index in [1.54, 1.807) is 22.7 Å². The molecule has 0 atom stereocenters. The predicted octanol–water partition coefficient (Wildman–Crippen LogP) is 2.95. The Bertz CT molecular complexity index is 891. The minimum atomic E-state index is -0.500. The Morgan fingerprint density at radius 3 is 2.29 bits per heavy atom. The Balaban J connectivity index is 1.72. The lowest BCUT2D eigenvalue weighted by Gasteiger charge is -2.18. The molecule has 7 nitrogen and oxygen atoms in total. The van der Waals surface area contributed by atoms with Gasteiger partial charge in [0.25, 0.3) is 11.6 Å². The molecule has 0 aliphatic heterocycles. The second kappa shape index (κ2) is 9.45. The molecule has 2 heterocycles. The highest BCUT2D eigenvalue weighted by molar-refractivity contribution is 7.10. The van der Waals surface area contributed by atoms with E-state index < -0.39 is 4.92 Å². The third kappa shape index (κ3) is 5.38. The van der Waals surface area contributed by atoms with E-state index in [1.807, 2.05) is 22.9 Å². The van der Waals surface area contributed by atoms with E-state index in [0.29, 0.717) is 11.4 Å². The molecular weight excluding hydrogens is 398 g/mol. The Morgan fingerprint density at radius 2 is 1.79 bits per heavy atom. The van der Waals surface area contributed by atoms with Crippen molar-refractivity contribution in [1.82, 2.24) is 0 Å². The summed E-state index contributed by atoms with van der Waals surface area (Å²) in [6, 6.07) is 12.2. The van der Waals surface area contributed by atoms with Crippen LogP contribution in [-0.2, 0) is 17.9 Å². The molecule has 146 valence electrons. The number of anilines is 1. The zero-order valence-electron chi connectivity index (χ0n) is 15.2. The Labute approximate surface area is 170 Å². The van der Waals surface area contributed by atoms with Crippen LogP contribution in [0.15, 0.2) is 53.2 Å². The van der Waals surface area contributed by atoms with Crippen LogP contribution in [0.2, 0.25) is 0 Å². The van der Waals surface area contributed by atoms with E-state index in [-0.39, 0.29) is 18.1 Å². The van der Waals surface area contributed by atoms with Crippen molar-refractivity contribution in [2.45, 2.75) is 13.1 Å².